The first-order chi connectivity index (χ1) is 9.65. The second-order valence-corrected chi connectivity index (χ2v) is 5.02. The fourth-order valence-corrected chi connectivity index (χ4v) is 2.34. The molecule has 6 nitrogen and oxygen atoms in total. The van der Waals surface area contributed by atoms with Crippen LogP contribution in [0.3, 0.4) is 0 Å². The van der Waals surface area contributed by atoms with Crippen molar-refractivity contribution >= 4 is 11.6 Å². The third-order valence-electron chi connectivity index (χ3n) is 3.47. The highest BCUT2D eigenvalue weighted by molar-refractivity contribution is 5.76. The van der Waals surface area contributed by atoms with Crippen molar-refractivity contribution in [2.24, 2.45) is 0 Å². The van der Waals surface area contributed by atoms with Crippen LogP contribution in [0.1, 0.15) is 24.8 Å². The van der Waals surface area contributed by atoms with Gasteiger partial charge in [-0.25, -0.2) is 0 Å². The molecule has 1 aromatic carbocycles. The third-order valence-corrected chi connectivity index (χ3v) is 3.47. The second kappa shape index (κ2) is 7.00. The van der Waals surface area contributed by atoms with Crippen LogP contribution in [-0.2, 0) is 11.2 Å². The molecule has 1 heterocycles. The van der Waals surface area contributed by atoms with Gasteiger partial charge in [0.1, 0.15) is 0 Å². The highest BCUT2D eigenvalue weighted by Gasteiger charge is 2.14. The molecule has 1 fully saturated rings. The van der Waals surface area contributed by atoms with Gasteiger partial charge in [-0.15, -0.1) is 0 Å². The molecular formula is C14H19N3O3. The minimum absolute atomic E-state index is 0.00907. The van der Waals surface area contributed by atoms with E-state index in [1.54, 1.807) is 12.1 Å². The van der Waals surface area contributed by atoms with E-state index in [9.17, 15) is 14.9 Å². The number of nitro groups is 1. The van der Waals surface area contributed by atoms with Crippen molar-refractivity contribution in [1.29, 1.82) is 0 Å². The van der Waals surface area contributed by atoms with E-state index in [0.717, 1.165) is 24.9 Å². The molecule has 108 valence electrons. The van der Waals surface area contributed by atoms with Crippen LogP contribution in [0.2, 0.25) is 0 Å². The van der Waals surface area contributed by atoms with Crippen molar-refractivity contribution < 1.29 is 9.72 Å². The van der Waals surface area contributed by atoms with Gasteiger partial charge in [-0.2, -0.15) is 0 Å². The zero-order chi connectivity index (χ0) is 14.4. The van der Waals surface area contributed by atoms with E-state index < -0.39 is 4.92 Å². The van der Waals surface area contributed by atoms with E-state index in [-0.39, 0.29) is 11.6 Å². The van der Waals surface area contributed by atoms with Gasteiger partial charge in [0.05, 0.1) is 4.92 Å². The van der Waals surface area contributed by atoms with Crippen LogP contribution in [0, 0.1) is 10.1 Å². The van der Waals surface area contributed by atoms with E-state index >= 15 is 0 Å². The van der Waals surface area contributed by atoms with Crippen LogP contribution in [0.5, 0.6) is 0 Å². The molecule has 1 aliphatic heterocycles. The summed E-state index contributed by atoms with van der Waals surface area (Å²) >= 11 is 0. The molecule has 0 bridgehead atoms. The Morgan fingerprint density at radius 2 is 2.35 bits per heavy atom. The number of benzene rings is 1. The number of aryl methyl sites for hydroxylation is 1. The van der Waals surface area contributed by atoms with Gasteiger partial charge in [-0.05, 0) is 31.4 Å². The predicted molar refractivity (Wildman–Crippen MR) is 75.5 cm³/mol. The Morgan fingerprint density at radius 3 is 3.05 bits per heavy atom. The van der Waals surface area contributed by atoms with Gasteiger partial charge in [0, 0.05) is 31.1 Å². The molecule has 1 unspecified atom stereocenters. The minimum Gasteiger partial charge on any atom is -0.355 e. The Bertz CT molecular complexity index is 484. The maximum Gasteiger partial charge on any atom is 0.269 e. The third kappa shape index (κ3) is 4.31. The number of hydrogen-bond donors (Lipinski definition) is 2. The summed E-state index contributed by atoms with van der Waals surface area (Å²) < 4.78 is 0. The molecule has 2 N–H and O–H groups in total. The van der Waals surface area contributed by atoms with Crippen LogP contribution in [0.25, 0.3) is 0 Å². The number of nitro benzene ring substituents is 1. The zero-order valence-electron chi connectivity index (χ0n) is 11.3. The fourth-order valence-electron chi connectivity index (χ4n) is 2.34. The lowest BCUT2D eigenvalue weighted by Gasteiger charge is -2.11. The van der Waals surface area contributed by atoms with E-state index in [4.69, 9.17) is 0 Å². The minimum atomic E-state index is -0.421. The Balaban J connectivity index is 1.75. The summed E-state index contributed by atoms with van der Waals surface area (Å²) in [6.45, 7) is 1.68. The summed E-state index contributed by atoms with van der Waals surface area (Å²) in [7, 11) is 0. The Morgan fingerprint density at radius 1 is 1.50 bits per heavy atom. The summed E-state index contributed by atoms with van der Waals surface area (Å²) in [5.41, 5.74) is 0.881. The van der Waals surface area contributed by atoms with E-state index in [2.05, 4.69) is 10.6 Å². The molecule has 1 aromatic rings. The van der Waals surface area contributed by atoms with Crippen molar-refractivity contribution in [3.05, 3.63) is 39.9 Å². The Labute approximate surface area is 117 Å². The second-order valence-electron chi connectivity index (χ2n) is 5.02. The predicted octanol–water partition coefficient (Wildman–Crippen LogP) is 1.40. The molecule has 0 aromatic heterocycles. The lowest BCUT2D eigenvalue weighted by atomic mass is 10.1. The number of amides is 1. The normalized spacial score (nSPS) is 17.9. The molecule has 1 atom stereocenters. The fraction of sp³-hybridized carbons (Fsp3) is 0.500. The number of carbonyl (C=O) groups excluding carboxylic acids is 1. The molecule has 2 rings (SSSR count). The van der Waals surface area contributed by atoms with Gasteiger partial charge < -0.3 is 10.6 Å². The molecule has 0 aliphatic carbocycles. The molecule has 6 heteroatoms. The summed E-state index contributed by atoms with van der Waals surface area (Å²) in [5, 5.41) is 16.9. The summed E-state index contributed by atoms with van der Waals surface area (Å²) in [6.07, 6.45) is 3.14. The maximum absolute atomic E-state index is 11.7. The average Bonchev–Trinajstić information content (AvgIpc) is 2.96. The van der Waals surface area contributed by atoms with Gasteiger partial charge in [0.15, 0.2) is 0 Å². The standard InChI is InChI=1S/C14H19N3O3/c18-14(16-10-12-4-2-8-15-12)7-6-11-3-1-5-13(9-11)17(19)20/h1,3,5,9,12,15H,2,4,6-8,10H2,(H,16,18). The average molecular weight is 277 g/mol. The van der Waals surface area contributed by atoms with E-state index in [0.29, 0.717) is 25.4 Å². The molecule has 0 radical (unpaired) electrons. The number of hydrogen-bond acceptors (Lipinski definition) is 4. The van der Waals surface area contributed by atoms with Crippen molar-refractivity contribution in [2.75, 3.05) is 13.1 Å². The lowest BCUT2D eigenvalue weighted by molar-refractivity contribution is -0.384. The SMILES string of the molecule is O=C(CCc1cccc([N+](=O)[O-])c1)NCC1CCCN1. The molecule has 0 saturated carbocycles. The lowest BCUT2D eigenvalue weighted by Crippen LogP contribution is -2.37. The van der Waals surface area contributed by atoms with Crippen molar-refractivity contribution in [1.82, 2.24) is 10.6 Å². The summed E-state index contributed by atoms with van der Waals surface area (Å²) in [6, 6.07) is 6.81. The number of non-ortho nitro benzene ring substituents is 1. The van der Waals surface area contributed by atoms with Gasteiger partial charge in [0.25, 0.3) is 5.69 Å². The van der Waals surface area contributed by atoms with Crippen LogP contribution >= 0.6 is 0 Å². The maximum atomic E-state index is 11.7. The highest BCUT2D eigenvalue weighted by Crippen LogP contribution is 2.14. The van der Waals surface area contributed by atoms with E-state index in [1.807, 2.05) is 0 Å². The van der Waals surface area contributed by atoms with Gasteiger partial charge in [-0.1, -0.05) is 12.1 Å². The van der Waals surface area contributed by atoms with Crippen LogP contribution in [0.15, 0.2) is 24.3 Å². The van der Waals surface area contributed by atoms with Gasteiger partial charge in [-0.3, -0.25) is 14.9 Å². The first-order valence-electron chi connectivity index (χ1n) is 6.88. The quantitative estimate of drug-likeness (QED) is 0.608. The molecule has 1 aliphatic rings. The summed E-state index contributed by atoms with van der Waals surface area (Å²) in [5.74, 6) is -0.00907. The van der Waals surface area contributed by atoms with E-state index in [1.165, 1.54) is 12.1 Å². The first-order valence-corrected chi connectivity index (χ1v) is 6.88. The number of rotatable bonds is 6. The van der Waals surface area contributed by atoms with Gasteiger partial charge in [0.2, 0.25) is 5.91 Å². The van der Waals surface area contributed by atoms with Crippen molar-refractivity contribution in [3.63, 3.8) is 0 Å². The Hall–Kier alpha value is -1.95. The topological polar surface area (TPSA) is 84.3 Å². The molecule has 20 heavy (non-hydrogen) atoms. The monoisotopic (exact) mass is 277 g/mol. The number of carbonyl (C=O) groups is 1. The molecule has 1 amide bonds. The van der Waals surface area contributed by atoms with Crippen LogP contribution in [0.4, 0.5) is 5.69 Å². The van der Waals surface area contributed by atoms with Gasteiger partial charge >= 0.3 is 0 Å². The van der Waals surface area contributed by atoms with Crippen LogP contribution < -0.4 is 10.6 Å². The molecular weight excluding hydrogens is 258 g/mol. The molecule has 0 spiro atoms. The van der Waals surface area contributed by atoms with Crippen LogP contribution in [-0.4, -0.2) is 30.0 Å². The smallest absolute Gasteiger partial charge is 0.269 e. The number of nitrogens with one attached hydrogen (secondary N) is 2. The Kier molecular flexibility index (Phi) is 5.06. The first kappa shape index (κ1) is 14.5. The van der Waals surface area contributed by atoms with Crippen molar-refractivity contribution in [2.45, 2.75) is 31.7 Å². The molecule has 1 saturated heterocycles. The zero-order valence-corrected chi connectivity index (χ0v) is 11.3. The summed E-state index contributed by atoms with van der Waals surface area (Å²) in [4.78, 5) is 22.0. The largest absolute Gasteiger partial charge is 0.355 e. The number of nitrogens with zero attached hydrogens (tertiary/aromatic N) is 1. The van der Waals surface area contributed by atoms with Crippen molar-refractivity contribution in [3.8, 4) is 0 Å². The highest BCUT2D eigenvalue weighted by atomic mass is 16.6.